The summed E-state index contributed by atoms with van der Waals surface area (Å²) in [7, 11) is -1.16. The molecule has 2 heterocycles. The van der Waals surface area contributed by atoms with Gasteiger partial charge in [0.1, 0.15) is 23.7 Å². The molecule has 2 rings (SSSR count). The van der Waals surface area contributed by atoms with Crippen molar-refractivity contribution in [1.82, 2.24) is 9.55 Å². The van der Waals surface area contributed by atoms with Gasteiger partial charge in [0.2, 0.25) is 5.88 Å². The highest BCUT2D eigenvalue weighted by molar-refractivity contribution is 6.76. The molecule has 0 aliphatic carbocycles. The van der Waals surface area contributed by atoms with Gasteiger partial charge in [-0.1, -0.05) is 19.6 Å². The molecule has 0 aromatic carbocycles. The molecule has 0 unspecified atom stereocenters. The summed E-state index contributed by atoms with van der Waals surface area (Å²) in [6.45, 7) is 18.8. The molecule has 1 amide bonds. The molecule has 10 heteroatoms. The zero-order valence-corrected chi connectivity index (χ0v) is 23.6. The summed E-state index contributed by atoms with van der Waals surface area (Å²) >= 11 is 0. The van der Waals surface area contributed by atoms with Gasteiger partial charge in [0.25, 0.3) is 0 Å². The minimum Gasteiger partial charge on any atom is -0.476 e. The third-order valence-electron chi connectivity index (χ3n) is 4.86. The van der Waals surface area contributed by atoms with Gasteiger partial charge in [0.05, 0.1) is 6.61 Å². The van der Waals surface area contributed by atoms with E-state index in [1.165, 1.54) is 0 Å². The summed E-state index contributed by atoms with van der Waals surface area (Å²) in [5, 5.41) is 3.64. The van der Waals surface area contributed by atoms with Crippen LogP contribution in [0.1, 0.15) is 41.0 Å². The maximum absolute atomic E-state index is 12.5. The minimum atomic E-state index is -1.16. The number of hydrogen-bond acceptors (Lipinski definition) is 7. The lowest BCUT2D eigenvalue weighted by atomic mass is 10.2. The fourth-order valence-electron chi connectivity index (χ4n) is 3.19. The smallest absolute Gasteiger partial charge is 0.412 e. The van der Waals surface area contributed by atoms with Gasteiger partial charge in [-0.2, -0.15) is 4.98 Å². The Bertz CT molecular complexity index is 930. The van der Waals surface area contributed by atoms with Crippen molar-refractivity contribution in [3.05, 3.63) is 18.3 Å². The number of hydrogen-bond donors (Lipinski definition) is 1. The van der Waals surface area contributed by atoms with Crippen molar-refractivity contribution in [1.29, 1.82) is 0 Å². The van der Waals surface area contributed by atoms with Crippen LogP contribution in [-0.4, -0.2) is 62.0 Å². The summed E-state index contributed by atoms with van der Waals surface area (Å²) in [4.78, 5) is 17.2. The van der Waals surface area contributed by atoms with Crippen LogP contribution in [0.25, 0.3) is 11.0 Å². The Hall–Kier alpha value is -2.14. The van der Waals surface area contributed by atoms with Gasteiger partial charge in [-0.3, -0.25) is 5.32 Å². The van der Waals surface area contributed by atoms with Gasteiger partial charge >= 0.3 is 6.09 Å². The number of amides is 1. The van der Waals surface area contributed by atoms with Gasteiger partial charge in [-0.25, -0.2) is 4.79 Å². The molecule has 2 aromatic rings. The first-order chi connectivity index (χ1) is 16.4. The molecule has 0 saturated carbocycles. The normalized spacial score (nSPS) is 12.4. The van der Waals surface area contributed by atoms with Crippen molar-refractivity contribution in [3.63, 3.8) is 0 Å². The Morgan fingerprint density at radius 1 is 1.14 bits per heavy atom. The van der Waals surface area contributed by atoms with Crippen LogP contribution in [0.5, 0.6) is 5.88 Å². The highest BCUT2D eigenvalue weighted by atomic mass is 28.3. The first-order valence-corrected chi connectivity index (χ1v) is 16.1. The number of aromatic nitrogens is 2. The van der Waals surface area contributed by atoms with E-state index in [9.17, 15) is 4.79 Å². The van der Waals surface area contributed by atoms with Crippen LogP contribution in [0.15, 0.2) is 18.3 Å². The fraction of sp³-hybridized carbons (Fsp3) is 0.680. The molecule has 0 aliphatic rings. The number of fused-ring (bicyclic) bond motifs is 1. The maximum atomic E-state index is 12.5. The number of carbonyl (C=O) groups excluding carboxylic acids is 1. The highest BCUT2D eigenvalue weighted by Gasteiger charge is 2.20. The summed E-state index contributed by atoms with van der Waals surface area (Å²) in [6.07, 6.45) is 1.51. The Balaban J connectivity index is 2.21. The van der Waals surface area contributed by atoms with Crippen LogP contribution in [0.3, 0.4) is 0 Å². The van der Waals surface area contributed by atoms with Gasteiger partial charge in [-0.15, -0.1) is 0 Å². The Morgan fingerprint density at radius 3 is 2.43 bits per heavy atom. The van der Waals surface area contributed by atoms with Crippen molar-refractivity contribution in [2.45, 2.75) is 85.3 Å². The second-order valence-electron chi connectivity index (χ2n) is 10.5. The first-order valence-electron chi connectivity index (χ1n) is 12.4. The molecular formula is C25H43N3O6Si. The summed E-state index contributed by atoms with van der Waals surface area (Å²) < 4.78 is 30.5. The molecule has 0 aliphatic heterocycles. The molecule has 0 saturated heterocycles. The summed E-state index contributed by atoms with van der Waals surface area (Å²) in [5.41, 5.74) is 0.531. The fourth-order valence-corrected chi connectivity index (χ4v) is 3.95. The molecule has 35 heavy (non-hydrogen) atoms. The van der Waals surface area contributed by atoms with Crippen LogP contribution >= 0.6 is 0 Å². The van der Waals surface area contributed by atoms with E-state index in [0.29, 0.717) is 56.8 Å². The second kappa shape index (κ2) is 13.2. The van der Waals surface area contributed by atoms with Gasteiger partial charge in [-0.05, 0) is 52.8 Å². The van der Waals surface area contributed by atoms with E-state index in [2.05, 4.69) is 25.0 Å². The Morgan fingerprint density at radius 2 is 1.83 bits per heavy atom. The van der Waals surface area contributed by atoms with Crippen molar-refractivity contribution in [2.24, 2.45) is 0 Å². The number of nitrogens with one attached hydrogen (secondary N) is 1. The van der Waals surface area contributed by atoms with Crippen molar-refractivity contribution in [3.8, 4) is 5.88 Å². The Labute approximate surface area is 210 Å². The Kier molecular flexibility index (Phi) is 11.0. The van der Waals surface area contributed by atoms with E-state index in [-0.39, 0.29) is 6.29 Å². The number of ether oxygens (including phenoxy) is 5. The van der Waals surface area contributed by atoms with E-state index >= 15 is 0 Å². The predicted octanol–water partition coefficient (Wildman–Crippen LogP) is 5.86. The topological polar surface area (TPSA) is 93.1 Å². The number of carbonyl (C=O) groups is 1. The maximum Gasteiger partial charge on any atom is 0.412 e. The SMILES string of the molecule is CCOC(CCOc1nc2c(ccn2COCC[Si](C)(C)C)cc1NC(=O)OC(C)(C)C)OCC. The quantitative estimate of drug-likeness (QED) is 0.194. The lowest BCUT2D eigenvalue weighted by molar-refractivity contribution is -0.142. The van der Waals surface area contributed by atoms with Crippen LogP contribution < -0.4 is 10.1 Å². The first kappa shape index (κ1) is 29.1. The number of pyridine rings is 1. The van der Waals surface area contributed by atoms with Gasteiger partial charge < -0.3 is 28.3 Å². The zero-order chi connectivity index (χ0) is 26.1. The monoisotopic (exact) mass is 509 g/mol. The minimum absolute atomic E-state index is 0.303. The summed E-state index contributed by atoms with van der Waals surface area (Å²) in [5.74, 6) is 0.303. The van der Waals surface area contributed by atoms with Crippen molar-refractivity contribution >= 4 is 30.9 Å². The van der Waals surface area contributed by atoms with E-state index in [1.54, 1.807) is 0 Å². The highest BCUT2D eigenvalue weighted by Crippen LogP contribution is 2.29. The number of anilines is 1. The van der Waals surface area contributed by atoms with E-state index in [1.807, 2.05) is 57.5 Å². The van der Waals surface area contributed by atoms with Crippen LogP contribution in [-0.2, 0) is 25.7 Å². The average Bonchev–Trinajstić information content (AvgIpc) is 3.11. The molecule has 0 fully saturated rings. The number of rotatable bonds is 14. The molecule has 2 aromatic heterocycles. The standard InChI is InChI=1S/C25H43N3O6Si/c1-9-31-21(32-10-2)12-14-33-23-20(26-24(29)34-25(3,4)5)17-19-11-13-28(22(19)27-23)18-30-15-16-35(6,7)8/h11,13,17,21H,9-10,12,14-16,18H2,1-8H3,(H,26,29). The molecule has 0 bridgehead atoms. The number of nitrogens with zero attached hydrogens (tertiary/aromatic N) is 2. The summed E-state index contributed by atoms with van der Waals surface area (Å²) in [6, 6.07) is 4.87. The van der Waals surface area contributed by atoms with Crippen LogP contribution in [0.2, 0.25) is 25.7 Å². The van der Waals surface area contributed by atoms with Crippen molar-refractivity contribution in [2.75, 3.05) is 31.7 Å². The zero-order valence-electron chi connectivity index (χ0n) is 22.6. The molecule has 0 atom stereocenters. The van der Waals surface area contributed by atoms with Crippen LogP contribution in [0, 0.1) is 0 Å². The molecule has 0 radical (unpaired) electrons. The molecule has 198 valence electrons. The third kappa shape index (κ3) is 10.6. The molecular weight excluding hydrogens is 466 g/mol. The van der Waals surface area contributed by atoms with Crippen LogP contribution in [0.4, 0.5) is 10.5 Å². The molecule has 9 nitrogen and oxygen atoms in total. The third-order valence-corrected chi connectivity index (χ3v) is 6.57. The van der Waals surface area contributed by atoms with Gasteiger partial charge in [0.15, 0.2) is 6.29 Å². The predicted molar refractivity (Wildman–Crippen MR) is 141 cm³/mol. The second-order valence-corrected chi connectivity index (χ2v) is 16.1. The van der Waals surface area contributed by atoms with Crippen molar-refractivity contribution < 1.29 is 28.5 Å². The van der Waals surface area contributed by atoms with Gasteiger partial charge in [0, 0.05) is 45.9 Å². The largest absolute Gasteiger partial charge is 0.476 e. The lowest BCUT2D eigenvalue weighted by Gasteiger charge is -2.21. The molecule has 0 spiro atoms. The molecule has 1 N–H and O–H groups in total. The average molecular weight is 510 g/mol. The lowest BCUT2D eigenvalue weighted by Crippen LogP contribution is -2.27. The van der Waals surface area contributed by atoms with E-state index < -0.39 is 19.8 Å². The van der Waals surface area contributed by atoms with E-state index in [4.69, 9.17) is 28.7 Å². The van der Waals surface area contributed by atoms with E-state index in [0.717, 1.165) is 11.4 Å².